The highest BCUT2D eigenvalue weighted by atomic mass is 16.5. The Morgan fingerprint density at radius 1 is 1.25 bits per heavy atom. The summed E-state index contributed by atoms with van der Waals surface area (Å²) < 4.78 is 5.01. The first-order valence-corrected chi connectivity index (χ1v) is 7.72. The van der Waals surface area contributed by atoms with E-state index in [2.05, 4.69) is 15.8 Å². The average molecular weight is 331 g/mol. The summed E-state index contributed by atoms with van der Waals surface area (Å²) in [5.41, 5.74) is 2.16. The highest BCUT2D eigenvalue weighted by molar-refractivity contribution is 5.90. The van der Waals surface area contributed by atoms with E-state index >= 15 is 0 Å². The van der Waals surface area contributed by atoms with Gasteiger partial charge in [0.25, 0.3) is 0 Å². The van der Waals surface area contributed by atoms with E-state index in [1.807, 2.05) is 30.3 Å². The number of nitrogens with one attached hydrogen (secondary N) is 2. The zero-order valence-corrected chi connectivity index (χ0v) is 13.7. The summed E-state index contributed by atoms with van der Waals surface area (Å²) in [6.45, 7) is 3.44. The van der Waals surface area contributed by atoms with Crippen molar-refractivity contribution >= 4 is 17.7 Å². The van der Waals surface area contributed by atoms with Gasteiger partial charge in [-0.05, 0) is 32.3 Å². The smallest absolute Gasteiger partial charge is 0.319 e. The molecule has 7 nitrogen and oxygen atoms in total. The van der Waals surface area contributed by atoms with Crippen LogP contribution in [0.2, 0.25) is 0 Å². The number of aryl methyl sites for hydroxylation is 2. The van der Waals surface area contributed by atoms with Gasteiger partial charge in [0.1, 0.15) is 11.4 Å². The van der Waals surface area contributed by atoms with E-state index in [1.54, 1.807) is 13.8 Å². The van der Waals surface area contributed by atoms with Gasteiger partial charge in [0, 0.05) is 12.5 Å². The number of rotatable bonds is 7. The maximum atomic E-state index is 12.2. The average Bonchev–Trinajstić information content (AvgIpc) is 2.85. The van der Waals surface area contributed by atoms with E-state index in [-0.39, 0.29) is 12.5 Å². The molecule has 0 fully saturated rings. The second-order valence-electron chi connectivity index (χ2n) is 5.62. The Balaban J connectivity index is 2.00. The molecule has 0 spiro atoms. The normalized spacial score (nSPS) is 11.8. The topological polar surface area (TPSA) is 104 Å². The number of carbonyl (C=O) groups excluding carboxylic acids is 1. The monoisotopic (exact) mass is 331 g/mol. The van der Waals surface area contributed by atoms with E-state index in [4.69, 9.17) is 9.63 Å². The van der Waals surface area contributed by atoms with Crippen molar-refractivity contribution in [3.05, 3.63) is 47.3 Å². The molecule has 1 aromatic carbocycles. The van der Waals surface area contributed by atoms with Crippen LogP contribution in [0.25, 0.3) is 0 Å². The molecule has 2 amide bonds. The molecule has 1 heterocycles. The van der Waals surface area contributed by atoms with Gasteiger partial charge in [-0.15, -0.1) is 0 Å². The summed E-state index contributed by atoms with van der Waals surface area (Å²) in [5, 5.41) is 18.2. The molecule has 0 bridgehead atoms. The third-order valence-corrected chi connectivity index (χ3v) is 3.64. The fourth-order valence-corrected chi connectivity index (χ4v) is 2.42. The number of aliphatic carboxylic acids is 1. The molecule has 1 unspecified atom stereocenters. The Morgan fingerprint density at radius 2 is 1.96 bits per heavy atom. The molecule has 3 N–H and O–H groups in total. The number of hydrogen-bond acceptors (Lipinski definition) is 4. The van der Waals surface area contributed by atoms with Gasteiger partial charge < -0.3 is 20.3 Å². The third kappa shape index (κ3) is 5.12. The van der Waals surface area contributed by atoms with Gasteiger partial charge >= 0.3 is 12.0 Å². The maximum Gasteiger partial charge on any atom is 0.319 e. The van der Waals surface area contributed by atoms with Crippen molar-refractivity contribution in [3.8, 4) is 0 Å². The minimum atomic E-state index is -0.888. The van der Waals surface area contributed by atoms with Gasteiger partial charge in [-0.25, -0.2) is 4.79 Å². The largest absolute Gasteiger partial charge is 0.481 e. The molecule has 24 heavy (non-hydrogen) atoms. The molecule has 0 radical (unpaired) electrons. The molecule has 0 saturated carbocycles. The molecular weight excluding hydrogens is 310 g/mol. The molecule has 2 aromatic rings. The van der Waals surface area contributed by atoms with Crippen molar-refractivity contribution < 1.29 is 19.2 Å². The summed E-state index contributed by atoms with van der Waals surface area (Å²) in [6.07, 6.45) is 0.894. The molecule has 2 rings (SSSR count). The van der Waals surface area contributed by atoms with E-state index < -0.39 is 12.0 Å². The zero-order chi connectivity index (χ0) is 17.5. The standard InChI is InChI=1S/C17H21N3O4/c1-11-16(12(2)24-20-11)19-17(23)18-14(8-9-15(21)22)10-13-6-4-3-5-7-13/h3-7,14H,8-10H2,1-2H3,(H,21,22)(H2,18,19,23). The fraction of sp³-hybridized carbons (Fsp3) is 0.353. The summed E-state index contributed by atoms with van der Waals surface area (Å²) >= 11 is 0. The van der Waals surface area contributed by atoms with Crippen LogP contribution in [-0.4, -0.2) is 28.3 Å². The number of hydrogen-bond donors (Lipinski definition) is 3. The summed E-state index contributed by atoms with van der Waals surface area (Å²) in [7, 11) is 0. The van der Waals surface area contributed by atoms with Crippen LogP contribution in [0.3, 0.4) is 0 Å². The molecule has 7 heteroatoms. The van der Waals surface area contributed by atoms with Crippen LogP contribution in [0.1, 0.15) is 29.9 Å². The molecule has 0 aliphatic rings. The highest BCUT2D eigenvalue weighted by Crippen LogP contribution is 2.18. The fourth-order valence-electron chi connectivity index (χ4n) is 2.42. The number of nitrogens with zero attached hydrogens (tertiary/aromatic N) is 1. The number of benzene rings is 1. The number of carboxylic acids is 1. The van der Waals surface area contributed by atoms with E-state index in [9.17, 15) is 9.59 Å². The SMILES string of the molecule is Cc1noc(C)c1NC(=O)NC(CCC(=O)O)Cc1ccccc1. The molecule has 128 valence electrons. The summed E-state index contributed by atoms with van der Waals surface area (Å²) in [6, 6.07) is 8.93. The van der Waals surface area contributed by atoms with Crippen molar-refractivity contribution in [1.82, 2.24) is 10.5 Å². The highest BCUT2D eigenvalue weighted by Gasteiger charge is 2.17. The Labute approximate surface area is 140 Å². The molecule has 0 aliphatic carbocycles. The van der Waals surface area contributed by atoms with Crippen molar-refractivity contribution in [2.75, 3.05) is 5.32 Å². The molecule has 0 saturated heterocycles. The predicted octanol–water partition coefficient (Wildman–Crippen LogP) is 2.89. The maximum absolute atomic E-state index is 12.2. The van der Waals surface area contributed by atoms with E-state index in [0.29, 0.717) is 30.0 Å². The van der Waals surface area contributed by atoms with Crippen molar-refractivity contribution in [3.63, 3.8) is 0 Å². The first-order chi connectivity index (χ1) is 11.5. The van der Waals surface area contributed by atoms with Gasteiger partial charge in [0.2, 0.25) is 0 Å². The lowest BCUT2D eigenvalue weighted by Gasteiger charge is -2.18. The Bertz CT molecular complexity index is 678. The Kier molecular flexibility index (Phi) is 5.95. The first kappa shape index (κ1) is 17.5. The van der Waals surface area contributed by atoms with Crippen LogP contribution < -0.4 is 10.6 Å². The predicted molar refractivity (Wildman–Crippen MR) is 88.9 cm³/mol. The van der Waals surface area contributed by atoms with Gasteiger partial charge in [-0.3, -0.25) is 4.79 Å². The van der Waals surface area contributed by atoms with Crippen molar-refractivity contribution in [2.45, 2.75) is 39.2 Å². The number of amides is 2. The number of carboxylic acid groups (broad SMARTS) is 1. The van der Waals surface area contributed by atoms with Gasteiger partial charge in [0.05, 0.1) is 0 Å². The zero-order valence-electron chi connectivity index (χ0n) is 13.7. The van der Waals surface area contributed by atoms with Gasteiger partial charge in [-0.1, -0.05) is 35.5 Å². The van der Waals surface area contributed by atoms with Crippen molar-refractivity contribution in [1.29, 1.82) is 0 Å². The van der Waals surface area contributed by atoms with Crippen LogP contribution in [0.4, 0.5) is 10.5 Å². The molecule has 1 aromatic heterocycles. The lowest BCUT2D eigenvalue weighted by molar-refractivity contribution is -0.137. The number of anilines is 1. The Morgan fingerprint density at radius 3 is 2.54 bits per heavy atom. The summed E-state index contributed by atoms with van der Waals surface area (Å²) in [4.78, 5) is 23.1. The van der Waals surface area contributed by atoms with Crippen LogP contribution in [0, 0.1) is 13.8 Å². The van der Waals surface area contributed by atoms with Gasteiger partial charge in [-0.2, -0.15) is 0 Å². The minimum Gasteiger partial charge on any atom is -0.481 e. The minimum absolute atomic E-state index is 0.0108. The molecular formula is C17H21N3O4. The third-order valence-electron chi connectivity index (χ3n) is 3.64. The lowest BCUT2D eigenvalue weighted by Crippen LogP contribution is -2.39. The van der Waals surface area contributed by atoms with E-state index in [0.717, 1.165) is 5.56 Å². The number of aromatic nitrogens is 1. The number of carbonyl (C=O) groups is 2. The lowest BCUT2D eigenvalue weighted by atomic mass is 10.0. The molecule has 1 atom stereocenters. The van der Waals surface area contributed by atoms with Crippen LogP contribution in [0.15, 0.2) is 34.9 Å². The molecule has 0 aliphatic heterocycles. The van der Waals surface area contributed by atoms with Crippen LogP contribution in [0.5, 0.6) is 0 Å². The van der Waals surface area contributed by atoms with E-state index in [1.165, 1.54) is 0 Å². The van der Waals surface area contributed by atoms with Gasteiger partial charge in [0.15, 0.2) is 5.76 Å². The number of urea groups is 1. The van der Waals surface area contributed by atoms with Crippen LogP contribution >= 0.6 is 0 Å². The Hall–Kier alpha value is -2.83. The summed E-state index contributed by atoms with van der Waals surface area (Å²) in [5.74, 6) is -0.367. The van der Waals surface area contributed by atoms with Crippen LogP contribution in [-0.2, 0) is 11.2 Å². The quantitative estimate of drug-likeness (QED) is 0.723. The second kappa shape index (κ2) is 8.14. The first-order valence-electron chi connectivity index (χ1n) is 7.72. The van der Waals surface area contributed by atoms with Crippen molar-refractivity contribution in [2.24, 2.45) is 0 Å². The second-order valence-corrected chi connectivity index (χ2v) is 5.62.